The van der Waals surface area contributed by atoms with Crippen LogP contribution in [0.15, 0.2) is 53.5 Å². The van der Waals surface area contributed by atoms with Gasteiger partial charge in [0.15, 0.2) is 11.6 Å². The molecule has 6 rings (SSSR count). The summed E-state index contributed by atoms with van der Waals surface area (Å²) in [5, 5.41) is 12.4. The Kier molecular flexibility index (Phi) is 6.38. The molecule has 3 N–H and O–H groups in total. The molecule has 40 heavy (non-hydrogen) atoms. The minimum atomic E-state index is -0.974. The number of amides is 1. The third-order valence-corrected chi connectivity index (χ3v) is 7.77. The van der Waals surface area contributed by atoms with Crippen molar-refractivity contribution in [1.82, 2.24) is 19.6 Å². The van der Waals surface area contributed by atoms with E-state index < -0.39 is 28.8 Å². The lowest BCUT2D eigenvalue weighted by atomic mass is 9.89. The minimum Gasteiger partial charge on any atom is -0.379 e. The second kappa shape index (κ2) is 9.79. The Morgan fingerprint density at radius 1 is 1.12 bits per heavy atom. The lowest BCUT2D eigenvalue weighted by Gasteiger charge is -2.25. The molecule has 2 atom stereocenters. The molecule has 4 heterocycles. The number of carbonyl (C=O) groups excluding carboxylic acids is 1. The summed E-state index contributed by atoms with van der Waals surface area (Å²) < 4.78 is 36.9. The number of anilines is 2. The monoisotopic (exact) mass is 549 g/mol. The predicted molar refractivity (Wildman–Crippen MR) is 146 cm³/mol. The number of hydrogen-bond acceptors (Lipinski definition) is 7. The molecule has 0 unspecified atom stereocenters. The average molecular weight is 550 g/mol. The first-order valence-corrected chi connectivity index (χ1v) is 13.1. The molecule has 10 nitrogen and oxygen atoms in total. The maximum Gasteiger partial charge on any atom is 0.276 e. The van der Waals surface area contributed by atoms with Crippen LogP contribution in [-0.4, -0.2) is 57.8 Å². The Morgan fingerprint density at radius 3 is 2.58 bits per heavy atom. The number of fused-ring (bicyclic) bond motifs is 1. The van der Waals surface area contributed by atoms with Crippen LogP contribution in [-0.2, 0) is 4.74 Å². The van der Waals surface area contributed by atoms with Gasteiger partial charge in [-0.3, -0.25) is 14.3 Å². The molecule has 0 bridgehead atoms. The molecule has 0 radical (unpaired) electrons. The van der Waals surface area contributed by atoms with Crippen molar-refractivity contribution in [2.75, 3.05) is 36.5 Å². The number of nitrogens with two attached hydrogens (primary N) is 1. The Morgan fingerprint density at radius 2 is 1.90 bits per heavy atom. The van der Waals surface area contributed by atoms with Gasteiger partial charge in [0.05, 0.1) is 35.7 Å². The number of rotatable bonds is 5. The van der Waals surface area contributed by atoms with Crippen molar-refractivity contribution < 1.29 is 18.3 Å². The standard InChI is InChI=1S/C28H29F2N7O3/c1-28(2)15-35(13-23(28)31)25-17-12-32-36(16-10-11-40-14-16)22(17)8-6-20(25)33-27(39)21-7-9-24(38)37(34-21)26-18(29)4-3-5-19(26)30/h3-9,12,16,23H,10-11,13-15,31H2,1-2H3,(H,33,39)/t16-,23+/m0/s1. The van der Waals surface area contributed by atoms with Crippen LogP contribution in [0.25, 0.3) is 16.6 Å². The van der Waals surface area contributed by atoms with Gasteiger partial charge in [-0.15, -0.1) is 0 Å². The van der Waals surface area contributed by atoms with Crippen molar-refractivity contribution in [1.29, 1.82) is 0 Å². The fourth-order valence-electron chi connectivity index (χ4n) is 5.45. The number of benzene rings is 2. The van der Waals surface area contributed by atoms with E-state index in [1.807, 2.05) is 10.7 Å². The summed E-state index contributed by atoms with van der Waals surface area (Å²) in [6, 6.07) is 9.20. The van der Waals surface area contributed by atoms with Gasteiger partial charge >= 0.3 is 0 Å². The summed E-state index contributed by atoms with van der Waals surface area (Å²) in [5.74, 6) is -2.60. The fourth-order valence-corrected chi connectivity index (χ4v) is 5.45. The van der Waals surface area contributed by atoms with E-state index in [0.717, 1.165) is 41.2 Å². The number of aromatic nitrogens is 4. The van der Waals surface area contributed by atoms with Crippen molar-refractivity contribution in [3.63, 3.8) is 0 Å². The Hall–Kier alpha value is -4.16. The second-order valence-corrected chi connectivity index (χ2v) is 11.0. The Balaban J connectivity index is 1.41. The summed E-state index contributed by atoms with van der Waals surface area (Å²) in [4.78, 5) is 28.0. The Labute approximate surface area is 228 Å². The number of ether oxygens (including phenoxy) is 1. The van der Waals surface area contributed by atoms with Crippen molar-refractivity contribution in [2.24, 2.45) is 11.1 Å². The molecule has 0 aliphatic carbocycles. The highest BCUT2D eigenvalue weighted by molar-refractivity contribution is 6.09. The molecule has 2 saturated heterocycles. The number of carbonyl (C=O) groups is 1. The van der Waals surface area contributed by atoms with Crippen molar-refractivity contribution in [3.8, 4) is 5.69 Å². The Bertz CT molecular complexity index is 1660. The molecule has 12 heteroatoms. The molecule has 208 valence electrons. The highest BCUT2D eigenvalue weighted by Crippen LogP contribution is 2.41. The third kappa shape index (κ3) is 4.42. The van der Waals surface area contributed by atoms with Crippen molar-refractivity contribution >= 4 is 28.2 Å². The number of halogens is 2. The van der Waals surface area contributed by atoms with Crippen LogP contribution in [0.3, 0.4) is 0 Å². The molecule has 2 aliphatic heterocycles. The number of para-hydroxylation sites is 1. The zero-order chi connectivity index (χ0) is 28.2. The van der Waals surface area contributed by atoms with Crippen LogP contribution < -0.4 is 21.5 Å². The lowest BCUT2D eigenvalue weighted by Crippen LogP contribution is -2.35. The van der Waals surface area contributed by atoms with Crippen LogP contribution in [0.4, 0.5) is 20.2 Å². The maximum atomic E-state index is 14.4. The predicted octanol–water partition coefficient (Wildman–Crippen LogP) is 3.25. The van der Waals surface area contributed by atoms with Crippen LogP contribution in [0.2, 0.25) is 0 Å². The van der Waals surface area contributed by atoms with E-state index in [1.54, 1.807) is 12.3 Å². The summed E-state index contributed by atoms with van der Waals surface area (Å²) >= 11 is 0. The van der Waals surface area contributed by atoms with E-state index >= 15 is 0 Å². The topological polar surface area (TPSA) is 120 Å². The largest absolute Gasteiger partial charge is 0.379 e. The average Bonchev–Trinajstić information content (AvgIpc) is 3.64. The van der Waals surface area contributed by atoms with Gasteiger partial charge in [0.2, 0.25) is 0 Å². The zero-order valence-electron chi connectivity index (χ0n) is 22.1. The fraction of sp³-hybridized carbons (Fsp3) is 0.357. The molecule has 1 amide bonds. The van der Waals surface area contributed by atoms with E-state index in [9.17, 15) is 18.4 Å². The number of nitrogens with one attached hydrogen (secondary N) is 1. The highest BCUT2D eigenvalue weighted by Gasteiger charge is 2.39. The first-order valence-electron chi connectivity index (χ1n) is 13.1. The summed E-state index contributed by atoms with van der Waals surface area (Å²) in [6.07, 6.45) is 2.64. The molecule has 4 aromatic rings. The molecule has 2 fully saturated rings. The highest BCUT2D eigenvalue weighted by atomic mass is 19.1. The molecule has 2 aromatic heterocycles. The number of nitrogens with zero attached hydrogens (tertiary/aromatic N) is 5. The van der Waals surface area contributed by atoms with Gasteiger partial charge in [-0.1, -0.05) is 19.9 Å². The quantitative estimate of drug-likeness (QED) is 0.392. The zero-order valence-corrected chi connectivity index (χ0v) is 22.1. The molecule has 0 saturated carbocycles. The third-order valence-electron chi connectivity index (χ3n) is 7.77. The molecule has 0 spiro atoms. The molecular formula is C28H29F2N7O3. The van der Waals surface area contributed by atoms with Gasteiger partial charge in [0.1, 0.15) is 11.4 Å². The van der Waals surface area contributed by atoms with Gasteiger partial charge < -0.3 is 20.7 Å². The second-order valence-electron chi connectivity index (χ2n) is 11.0. The minimum absolute atomic E-state index is 0.0922. The van der Waals surface area contributed by atoms with Gasteiger partial charge in [0.25, 0.3) is 11.5 Å². The van der Waals surface area contributed by atoms with E-state index in [4.69, 9.17) is 10.5 Å². The summed E-state index contributed by atoms with van der Waals surface area (Å²) in [7, 11) is 0. The van der Waals surface area contributed by atoms with Crippen molar-refractivity contribution in [2.45, 2.75) is 32.4 Å². The first-order chi connectivity index (χ1) is 19.1. The van der Waals surface area contributed by atoms with Crippen LogP contribution in [0.5, 0.6) is 0 Å². The normalized spacial score (nSPS) is 20.4. The lowest BCUT2D eigenvalue weighted by molar-refractivity contribution is 0.102. The van der Waals surface area contributed by atoms with Crippen LogP contribution in [0.1, 0.15) is 36.8 Å². The van der Waals surface area contributed by atoms with Crippen LogP contribution >= 0.6 is 0 Å². The van der Waals surface area contributed by atoms with Gasteiger partial charge in [0, 0.05) is 37.2 Å². The van der Waals surface area contributed by atoms with E-state index in [1.165, 1.54) is 12.1 Å². The van der Waals surface area contributed by atoms with E-state index in [-0.39, 0.29) is 23.2 Å². The van der Waals surface area contributed by atoms with Gasteiger partial charge in [-0.2, -0.15) is 14.9 Å². The SMILES string of the molecule is CC1(C)CN(c2c(NC(=O)c3ccc(=O)n(-c4c(F)cccc4F)n3)ccc3c2cnn3[C@H]2CCOC2)C[C@H]1N. The van der Waals surface area contributed by atoms with E-state index in [2.05, 4.69) is 34.3 Å². The van der Waals surface area contributed by atoms with Gasteiger partial charge in [-0.25, -0.2) is 8.78 Å². The van der Waals surface area contributed by atoms with Crippen molar-refractivity contribution in [3.05, 3.63) is 76.3 Å². The first kappa shape index (κ1) is 26.1. The van der Waals surface area contributed by atoms with Gasteiger partial charge in [-0.05, 0) is 42.2 Å². The van der Waals surface area contributed by atoms with Crippen LogP contribution in [0, 0.1) is 17.0 Å². The molecule has 2 aromatic carbocycles. The molecular weight excluding hydrogens is 520 g/mol. The molecule has 2 aliphatic rings. The van der Waals surface area contributed by atoms with E-state index in [0.29, 0.717) is 36.7 Å². The summed E-state index contributed by atoms with van der Waals surface area (Å²) in [5.41, 5.74) is 6.86. The maximum absolute atomic E-state index is 14.4. The smallest absolute Gasteiger partial charge is 0.276 e. The number of hydrogen-bond donors (Lipinski definition) is 2. The summed E-state index contributed by atoms with van der Waals surface area (Å²) in [6.45, 7) is 6.69.